The molecular weight excluding hydrogens is 396 g/mol. The van der Waals surface area contributed by atoms with Gasteiger partial charge >= 0.3 is 5.97 Å². The summed E-state index contributed by atoms with van der Waals surface area (Å²) < 4.78 is 38.2. The fourth-order valence-electron chi connectivity index (χ4n) is 2.35. The minimum atomic E-state index is -3.88. The molecule has 9 nitrogen and oxygen atoms in total. The van der Waals surface area contributed by atoms with Gasteiger partial charge in [0.25, 0.3) is 0 Å². The third-order valence-corrected chi connectivity index (χ3v) is 5.46. The number of unbranched alkanes of at least 4 members (excludes halogenated alkanes) is 1. The Morgan fingerprint density at radius 1 is 1.14 bits per heavy atom. The predicted octanol–water partition coefficient (Wildman–Crippen LogP) is 1.06. The summed E-state index contributed by atoms with van der Waals surface area (Å²) >= 11 is 0. The number of aryl methyl sites for hydroxylation is 1. The summed E-state index contributed by atoms with van der Waals surface area (Å²) in [6.45, 7) is 5.09. The van der Waals surface area contributed by atoms with Crippen molar-refractivity contribution >= 4 is 22.0 Å². The van der Waals surface area contributed by atoms with Gasteiger partial charge in [0.1, 0.15) is 12.6 Å². The Hall–Kier alpha value is -2.17. The van der Waals surface area contributed by atoms with Gasteiger partial charge < -0.3 is 20.9 Å². The van der Waals surface area contributed by atoms with Crippen LogP contribution in [0, 0.1) is 6.92 Å². The lowest BCUT2D eigenvalue weighted by Crippen LogP contribution is -2.42. The van der Waals surface area contributed by atoms with E-state index in [2.05, 4.69) is 16.6 Å². The van der Waals surface area contributed by atoms with Crippen molar-refractivity contribution in [2.24, 2.45) is 16.5 Å². The molecular formula is C19H32N4O5S. The third-order valence-electron chi connectivity index (χ3n) is 3.97. The molecule has 0 aliphatic rings. The molecule has 164 valence electrons. The molecule has 0 radical (unpaired) electrons. The monoisotopic (exact) mass is 428 g/mol. The largest absolute Gasteiger partial charge is 0.462 e. The van der Waals surface area contributed by atoms with Crippen LogP contribution >= 0.6 is 0 Å². The summed E-state index contributed by atoms with van der Waals surface area (Å²) in [6.07, 6.45) is 2.54. The predicted molar refractivity (Wildman–Crippen MR) is 112 cm³/mol. The number of ether oxygens (including phenoxy) is 2. The fraction of sp³-hybridized carbons (Fsp3) is 0.579. The van der Waals surface area contributed by atoms with Gasteiger partial charge in [-0.1, -0.05) is 31.0 Å². The van der Waals surface area contributed by atoms with Crippen LogP contribution in [-0.4, -0.2) is 52.8 Å². The lowest BCUT2D eigenvalue weighted by molar-refractivity contribution is -0.147. The van der Waals surface area contributed by atoms with Crippen molar-refractivity contribution in [2.45, 2.75) is 50.5 Å². The number of nitrogens with one attached hydrogen (secondary N) is 1. The molecule has 0 heterocycles. The van der Waals surface area contributed by atoms with Crippen molar-refractivity contribution in [3.05, 3.63) is 29.8 Å². The number of hydrogen-bond acceptors (Lipinski definition) is 6. The number of rotatable bonds is 14. The van der Waals surface area contributed by atoms with Crippen LogP contribution in [0.5, 0.6) is 0 Å². The summed E-state index contributed by atoms with van der Waals surface area (Å²) in [5.41, 5.74) is 11.5. The molecule has 0 spiro atoms. The topological polar surface area (TPSA) is 146 Å². The van der Waals surface area contributed by atoms with Gasteiger partial charge in [-0.25, -0.2) is 8.42 Å². The maximum absolute atomic E-state index is 12.6. The first-order chi connectivity index (χ1) is 13.8. The molecule has 0 aliphatic heterocycles. The van der Waals surface area contributed by atoms with Crippen molar-refractivity contribution in [1.29, 1.82) is 0 Å². The zero-order valence-corrected chi connectivity index (χ0v) is 17.9. The number of aliphatic imine (C=N–C) groups is 1. The molecule has 1 aromatic rings. The summed E-state index contributed by atoms with van der Waals surface area (Å²) in [6, 6.07) is 5.30. The van der Waals surface area contributed by atoms with E-state index in [1.54, 1.807) is 12.1 Å². The maximum Gasteiger partial charge on any atom is 0.324 e. The minimum Gasteiger partial charge on any atom is -0.462 e. The van der Waals surface area contributed by atoms with Gasteiger partial charge in [-0.15, -0.1) is 0 Å². The molecule has 0 aliphatic carbocycles. The van der Waals surface area contributed by atoms with E-state index in [1.807, 2.05) is 6.92 Å². The second kappa shape index (κ2) is 13.1. The van der Waals surface area contributed by atoms with Crippen LogP contribution in [0.4, 0.5) is 0 Å². The SMILES string of the molecule is CCCCOCCOC(=O)C(CCCN=C(N)N)NS(=O)(=O)c1ccc(C)cc1. The van der Waals surface area contributed by atoms with Gasteiger partial charge in [0, 0.05) is 13.2 Å². The summed E-state index contributed by atoms with van der Waals surface area (Å²) in [4.78, 5) is 16.4. The second-order valence-electron chi connectivity index (χ2n) is 6.57. The van der Waals surface area contributed by atoms with E-state index in [9.17, 15) is 13.2 Å². The Morgan fingerprint density at radius 2 is 1.83 bits per heavy atom. The van der Waals surface area contributed by atoms with Crippen LogP contribution in [-0.2, 0) is 24.3 Å². The Morgan fingerprint density at radius 3 is 2.45 bits per heavy atom. The van der Waals surface area contributed by atoms with Crippen molar-refractivity contribution in [3.8, 4) is 0 Å². The van der Waals surface area contributed by atoms with E-state index in [1.165, 1.54) is 12.1 Å². The number of nitrogens with zero attached hydrogens (tertiary/aromatic N) is 1. The quantitative estimate of drug-likeness (QED) is 0.174. The fourth-order valence-corrected chi connectivity index (χ4v) is 3.57. The van der Waals surface area contributed by atoms with Crippen LogP contribution in [0.2, 0.25) is 0 Å². The van der Waals surface area contributed by atoms with Crippen molar-refractivity contribution in [1.82, 2.24) is 4.72 Å². The first-order valence-electron chi connectivity index (χ1n) is 9.65. The molecule has 1 atom stereocenters. The van der Waals surface area contributed by atoms with Gasteiger partial charge in [0.15, 0.2) is 5.96 Å². The first-order valence-corrected chi connectivity index (χ1v) is 11.1. The van der Waals surface area contributed by atoms with Crippen molar-refractivity contribution < 1.29 is 22.7 Å². The zero-order valence-electron chi connectivity index (χ0n) is 17.1. The average Bonchev–Trinajstić information content (AvgIpc) is 2.67. The smallest absolute Gasteiger partial charge is 0.324 e. The molecule has 0 bridgehead atoms. The standard InChI is InChI=1S/C19H32N4O5S/c1-3-4-12-27-13-14-28-18(24)17(6-5-11-22-19(20)21)23-29(25,26)16-9-7-15(2)8-10-16/h7-10,17,23H,3-6,11-14H2,1-2H3,(H4,20,21,22). The van der Waals surface area contributed by atoms with Crippen molar-refractivity contribution in [2.75, 3.05) is 26.4 Å². The maximum atomic E-state index is 12.6. The van der Waals surface area contributed by atoms with Gasteiger partial charge in [-0.05, 0) is 38.3 Å². The molecule has 1 aromatic carbocycles. The summed E-state index contributed by atoms with van der Waals surface area (Å²) in [5, 5.41) is 0. The molecule has 0 fully saturated rings. The molecule has 10 heteroatoms. The third kappa shape index (κ3) is 10.2. The Labute approximate surface area is 172 Å². The highest BCUT2D eigenvalue weighted by Crippen LogP contribution is 2.12. The van der Waals surface area contributed by atoms with E-state index >= 15 is 0 Å². The van der Waals surface area contributed by atoms with Gasteiger partial charge in [0.2, 0.25) is 10.0 Å². The first kappa shape index (κ1) is 24.9. The highest BCUT2D eigenvalue weighted by molar-refractivity contribution is 7.89. The highest BCUT2D eigenvalue weighted by atomic mass is 32.2. The molecule has 0 aromatic heterocycles. The molecule has 1 unspecified atom stereocenters. The van der Waals surface area contributed by atoms with Crippen LogP contribution in [0.1, 0.15) is 38.2 Å². The van der Waals surface area contributed by atoms with Gasteiger partial charge in [0.05, 0.1) is 11.5 Å². The van der Waals surface area contributed by atoms with E-state index in [-0.39, 0.29) is 37.0 Å². The Bertz CT molecular complexity index is 746. The number of sulfonamides is 1. The lowest BCUT2D eigenvalue weighted by Gasteiger charge is -2.18. The molecule has 1 rings (SSSR count). The Balaban J connectivity index is 2.72. The highest BCUT2D eigenvalue weighted by Gasteiger charge is 2.26. The molecule has 0 saturated heterocycles. The van der Waals surface area contributed by atoms with Crippen LogP contribution in [0.25, 0.3) is 0 Å². The minimum absolute atomic E-state index is 0.0548. The molecule has 0 amide bonds. The van der Waals surface area contributed by atoms with Gasteiger partial charge in [-0.2, -0.15) is 4.72 Å². The van der Waals surface area contributed by atoms with E-state index < -0.39 is 22.0 Å². The van der Waals surface area contributed by atoms with E-state index in [4.69, 9.17) is 20.9 Å². The molecule has 29 heavy (non-hydrogen) atoms. The number of carbonyl (C=O) groups excluding carboxylic acids is 1. The molecule has 5 N–H and O–H groups in total. The van der Waals surface area contributed by atoms with E-state index in [0.29, 0.717) is 13.0 Å². The van der Waals surface area contributed by atoms with Gasteiger partial charge in [-0.3, -0.25) is 9.79 Å². The lowest BCUT2D eigenvalue weighted by atomic mass is 10.2. The number of guanidine groups is 1. The molecule has 0 saturated carbocycles. The Kier molecular flexibility index (Phi) is 11.3. The normalized spacial score (nSPS) is 12.3. The zero-order chi connectivity index (χ0) is 21.7. The number of hydrogen-bond donors (Lipinski definition) is 3. The number of esters is 1. The average molecular weight is 429 g/mol. The van der Waals surface area contributed by atoms with Crippen LogP contribution < -0.4 is 16.2 Å². The van der Waals surface area contributed by atoms with Crippen LogP contribution in [0.3, 0.4) is 0 Å². The second-order valence-corrected chi connectivity index (χ2v) is 8.28. The van der Waals surface area contributed by atoms with Crippen molar-refractivity contribution in [3.63, 3.8) is 0 Å². The van der Waals surface area contributed by atoms with E-state index in [0.717, 1.165) is 18.4 Å². The summed E-state index contributed by atoms with van der Waals surface area (Å²) in [7, 11) is -3.88. The number of benzene rings is 1. The summed E-state index contributed by atoms with van der Waals surface area (Å²) in [5.74, 6) is -0.724. The number of nitrogens with two attached hydrogens (primary N) is 2. The number of carbonyl (C=O) groups is 1. The van der Waals surface area contributed by atoms with Crippen LogP contribution in [0.15, 0.2) is 34.2 Å².